The maximum Gasteiger partial charge on any atom is 0.198 e. The Labute approximate surface area is 165 Å². The van der Waals surface area contributed by atoms with Gasteiger partial charge in [0.1, 0.15) is 5.75 Å². The smallest absolute Gasteiger partial charge is 0.198 e. The first-order chi connectivity index (χ1) is 11.7. The summed E-state index contributed by atoms with van der Waals surface area (Å²) >= 11 is 0. The second-order valence-corrected chi connectivity index (χ2v) is 5.72. The number of guanidine groups is 1. The van der Waals surface area contributed by atoms with Crippen molar-refractivity contribution in [1.82, 2.24) is 5.32 Å². The van der Waals surface area contributed by atoms with Gasteiger partial charge in [-0.25, -0.2) is 0 Å². The molecule has 6 heteroatoms. The van der Waals surface area contributed by atoms with Gasteiger partial charge >= 0.3 is 0 Å². The number of nitrogens with one attached hydrogen (secondary N) is 1. The lowest BCUT2D eigenvalue weighted by Gasteiger charge is -2.24. The second-order valence-electron chi connectivity index (χ2n) is 5.72. The number of hydrogen-bond donors (Lipinski definition) is 2. The number of aliphatic hydroxyl groups excluding tert-OH is 1. The normalized spacial score (nSPS) is 14.5. The molecule has 0 saturated carbocycles. The summed E-state index contributed by atoms with van der Waals surface area (Å²) in [5.41, 5.74) is 3.27. The lowest BCUT2D eigenvalue weighted by Crippen LogP contribution is -2.42. The van der Waals surface area contributed by atoms with Crippen molar-refractivity contribution in [3.8, 4) is 5.75 Å². The first-order valence-electron chi connectivity index (χ1n) is 8.11. The molecular formula is C19H24IN3O2. The van der Waals surface area contributed by atoms with E-state index in [4.69, 9.17) is 4.74 Å². The Kier molecular flexibility index (Phi) is 7.07. The highest BCUT2D eigenvalue weighted by molar-refractivity contribution is 14.0. The van der Waals surface area contributed by atoms with E-state index >= 15 is 0 Å². The van der Waals surface area contributed by atoms with E-state index in [1.807, 2.05) is 30.3 Å². The van der Waals surface area contributed by atoms with Crippen molar-refractivity contribution >= 4 is 35.6 Å². The van der Waals surface area contributed by atoms with Gasteiger partial charge in [-0.1, -0.05) is 36.4 Å². The molecule has 1 unspecified atom stereocenters. The maximum atomic E-state index is 10.5. The van der Waals surface area contributed by atoms with Crippen molar-refractivity contribution in [2.24, 2.45) is 4.99 Å². The van der Waals surface area contributed by atoms with Crippen molar-refractivity contribution in [1.29, 1.82) is 0 Å². The minimum Gasteiger partial charge on any atom is -0.496 e. The highest BCUT2D eigenvalue weighted by Crippen LogP contribution is 2.28. The number of anilines is 1. The summed E-state index contributed by atoms with van der Waals surface area (Å²) in [6.45, 7) is 1.26. The molecule has 1 heterocycles. The number of halogens is 1. The zero-order valence-electron chi connectivity index (χ0n) is 14.5. The van der Waals surface area contributed by atoms with Crippen LogP contribution in [-0.4, -0.2) is 38.3 Å². The van der Waals surface area contributed by atoms with Gasteiger partial charge in [-0.15, -0.1) is 24.0 Å². The molecule has 1 aliphatic heterocycles. The Morgan fingerprint density at radius 3 is 2.72 bits per heavy atom. The van der Waals surface area contributed by atoms with Crippen LogP contribution in [0.15, 0.2) is 53.5 Å². The molecule has 0 aromatic heterocycles. The van der Waals surface area contributed by atoms with Crippen LogP contribution in [0.3, 0.4) is 0 Å². The summed E-state index contributed by atoms with van der Waals surface area (Å²) in [5, 5.41) is 13.8. The molecule has 0 saturated heterocycles. The van der Waals surface area contributed by atoms with Crippen LogP contribution in [0.5, 0.6) is 5.75 Å². The van der Waals surface area contributed by atoms with Gasteiger partial charge in [0.25, 0.3) is 0 Å². The fraction of sp³-hybridized carbons (Fsp3) is 0.316. The monoisotopic (exact) mass is 453 g/mol. The molecule has 1 aliphatic rings. The minimum atomic E-state index is -0.671. The number of ether oxygens (including phenoxy) is 1. The highest BCUT2D eigenvalue weighted by atomic mass is 127. The third-order valence-corrected chi connectivity index (χ3v) is 4.31. The van der Waals surface area contributed by atoms with Crippen LogP contribution in [0, 0.1) is 0 Å². The van der Waals surface area contributed by atoms with Crippen LogP contribution in [0.1, 0.15) is 17.2 Å². The SMILES string of the molecule is CN=C(NCC(O)c1ccccc1OC)N1CCc2ccccc21.I. The molecule has 0 amide bonds. The third kappa shape index (κ3) is 4.24. The van der Waals surface area contributed by atoms with Gasteiger partial charge in [0.05, 0.1) is 13.2 Å². The van der Waals surface area contributed by atoms with Crippen LogP contribution in [0.2, 0.25) is 0 Å². The molecule has 25 heavy (non-hydrogen) atoms. The lowest BCUT2D eigenvalue weighted by molar-refractivity contribution is 0.176. The van der Waals surface area contributed by atoms with Crippen molar-refractivity contribution in [2.45, 2.75) is 12.5 Å². The van der Waals surface area contributed by atoms with E-state index in [1.54, 1.807) is 14.2 Å². The van der Waals surface area contributed by atoms with E-state index in [-0.39, 0.29) is 24.0 Å². The molecule has 0 spiro atoms. The molecule has 3 rings (SSSR count). The average Bonchev–Trinajstić information content (AvgIpc) is 3.06. The predicted octanol–water partition coefficient (Wildman–Crippen LogP) is 2.98. The van der Waals surface area contributed by atoms with E-state index in [9.17, 15) is 5.11 Å². The van der Waals surface area contributed by atoms with Crippen molar-refractivity contribution in [2.75, 3.05) is 32.1 Å². The van der Waals surface area contributed by atoms with E-state index in [0.29, 0.717) is 12.3 Å². The number of nitrogens with zero attached hydrogens (tertiary/aromatic N) is 2. The molecule has 0 radical (unpaired) electrons. The number of benzene rings is 2. The summed E-state index contributed by atoms with van der Waals surface area (Å²) < 4.78 is 5.32. The van der Waals surface area contributed by atoms with Crippen LogP contribution in [0.25, 0.3) is 0 Å². The fourth-order valence-corrected chi connectivity index (χ4v) is 3.09. The summed E-state index contributed by atoms with van der Waals surface area (Å²) in [6.07, 6.45) is 0.335. The predicted molar refractivity (Wildman–Crippen MR) is 112 cm³/mol. The fourth-order valence-electron chi connectivity index (χ4n) is 3.09. The standard InChI is InChI=1S/C19H23N3O2.HI/c1-20-19(22-12-11-14-7-3-5-9-16(14)22)21-13-17(23)15-8-4-6-10-18(15)24-2;/h3-10,17,23H,11-13H2,1-2H3,(H,20,21);1H. The Morgan fingerprint density at radius 2 is 1.96 bits per heavy atom. The Bertz CT molecular complexity index is 736. The Balaban J connectivity index is 0.00000225. The van der Waals surface area contributed by atoms with Crippen molar-refractivity contribution in [3.05, 3.63) is 59.7 Å². The Hall–Kier alpha value is -1.80. The number of aliphatic imine (C=N–C) groups is 1. The average molecular weight is 453 g/mol. The van der Waals surface area contributed by atoms with Gasteiger partial charge in [0.2, 0.25) is 0 Å². The molecule has 0 fully saturated rings. The molecular weight excluding hydrogens is 429 g/mol. The number of hydrogen-bond acceptors (Lipinski definition) is 3. The summed E-state index contributed by atoms with van der Waals surface area (Å²) in [5.74, 6) is 1.46. The molecule has 0 aliphatic carbocycles. The van der Waals surface area contributed by atoms with Gasteiger partial charge in [0.15, 0.2) is 5.96 Å². The molecule has 2 N–H and O–H groups in total. The van der Waals surface area contributed by atoms with E-state index in [0.717, 1.165) is 24.5 Å². The maximum absolute atomic E-state index is 10.5. The van der Waals surface area contributed by atoms with Crippen LogP contribution in [0.4, 0.5) is 5.69 Å². The molecule has 0 bridgehead atoms. The van der Waals surface area contributed by atoms with E-state index in [1.165, 1.54) is 11.3 Å². The van der Waals surface area contributed by atoms with Gasteiger partial charge in [-0.05, 0) is 24.1 Å². The zero-order chi connectivity index (χ0) is 16.9. The van der Waals surface area contributed by atoms with Crippen molar-refractivity contribution < 1.29 is 9.84 Å². The first kappa shape index (κ1) is 19.5. The van der Waals surface area contributed by atoms with Gasteiger partial charge in [-0.2, -0.15) is 0 Å². The quantitative estimate of drug-likeness (QED) is 0.425. The summed E-state index contributed by atoms with van der Waals surface area (Å²) in [4.78, 5) is 6.52. The minimum absolute atomic E-state index is 0. The van der Waals surface area contributed by atoms with Gasteiger partial charge < -0.3 is 20.1 Å². The van der Waals surface area contributed by atoms with Crippen LogP contribution < -0.4 is 15.0 Å². The largest absolute Gasteiger partial charge is 0.496 e. The molecule has 1 atom stereocenters. The molecule has 2 aromatic rings. The zero-order valence-corrected chi connectivity index (χ0v) is 16.8. The van der Waals surface area contributed by atoms with Crippen LogP contribution >= 0.6 is 24.0 Å². The Morgan fingerprint density at radius 1 is 1.24 bits per heavy atom. The molecule has 2 aromatic carbocycles. The van der Waals surface area contributed by atoms with E-state index < -0.39 is 6.10 Å². The lowest BCUT2D eigenvalue weighted by atomic mass is 10.1. The number of para-hydroxylation sites is 2. The summed E-state index contributed by atoms with van der Waals surface area (Å²) in [6, 6.07) is 15.9. The van der Waals surface area contributed by atoms with Crippen molar-refractivity contribution in [3.63, 3.8) is 0 Å². The van der Waals surface area contributed by atoms with E-state index in [2.05, 4.69) is 33.4 Å². The van der Waals surface area contributed by atoms with Crippen LogP contribution in [-0.2, 0) is 6.42 Å². The third-order valence-electron chi connectivity index (χ3n) is 4.31. The number of aliphatic hydroxyl groups is 1. The highest BCUT2D eigenvalue weighted by Gasteiger charge is 2.23. The number of fused-ring (bicyclic) bond motifs is 1. The number of rotatable bonds is 4. The first-order valence-corrected chi connectivity index (χ1v) is 8.11. The second kappa shape index (κ2) is 9.05. The topological polar surface area (TPSA) is 57.1 Å². The molecule has 134 valence electrons. The van der Waals surface area contributed by atoms with Gasteiger partial charge in [-0.3, -0.25) is 4.99 Å². The van der Waals surface area contributed by atoms with Gasteiger partial charge in [0, 0.05) is 31.4 Å². The number of methoxy groups -OCH3 is 1. The molecule has 5 nitrogen and oxygen atoms in total. The summed E-state index contributed by atoms with van der Waals surface area (Å²) in [7, 11) is 3.37.